The molecule has 11 heteroatoms. The van der Waals surface area contributed by atoms with E-state index in [1.165, 1.54) is 20.5 Å². The lowest BCUT2D eigenvalue weighted by Gasteiger charge is -2.24. The topological polar surface area (TPSA) is 89.2 Å². The molecular weight excluding hydrogens is 396 g/mol. The molecule has 4 heterocycles. The van der Waals surface area contributed by atoms with Gasteiger partial charge in [0.15, 0.2) is 5.69 Å². The van der Waals surface area contributed by atoms with Crippen LogP contribution in [-0.2, 0) is 17.9 Å². The normalized spacial score (nSPS) is 20.9. The molecule has 2 aliphatic rings. The van der Waals surface area contributed by atoms with E-state index >= 15 is 0 Å². The Morgan fingerprint density at radius 2 is 1.97 bits per heavy atom. The number of hydrogen-bond donors (Lipinski definition) is 0. The molecule has 0 aromatic carbocycles. The van der Waals surface area contributed by atoms with Gasteiger partial charge in [0.2, 0.25) is 5.91 Å². The molecular formula is C19H25F2N7O2. The first-order valence-electron chi connectivity index (χ1n) is 10.1. The summed E-state index contributed by atoms with van der Waals surface area (Å²) in [6.07, 6.45) is 2.94. The molecule has 0 aliphatic carbocycles. The molecule has 0 saturated carbocycles. The van der Waals surface area contributed by atoms with Gasteiger partial charge in [-0.2, -0.15) is 5.10 Å². The number of hydrogen-bond acceptors (Lipinski definition) is 5. The van der Waals surface area contributed by atoms with Crippen LogP contribution in [0, 0.1) is 13.8 Å². The van der Waals surface area contributed by atoms with Crippen molar-refractivity contribution in [2.45, 2.75) is 58.2 Å². The molecule has 0 unspecified atom stereocenters. The first kappa shape index (κ1) is 20.4. The largest absolute Gasteiger partial charge is 0.337 e. The number of likely N-dealkylation sites (tertiary alicyclic amines) is 2. The number of carbonyl (C=O) groups excluding carboxylic acids is 2. The lowest BCUT2D eigenvalue weighted by atomic mass is 10.2. The van der Waals surface area contributed by atoms with Gasteiger partial charge in [-0.05, 0) is 32.8 Å². The highest BCUT2D eigenvalue weighted by molar-refractivity contribution is 5.92. The van der Waals surface area contributed by atoms with Crippen LogP contribution in [-0.4, -0.2) is 78.0 Å². The van der Waals surface area contributed by atoms with Gasteiger partial charge in [0, 0.05) is 25.2 Å². The fraction of sp³-hybridized carbons (Fsp3) is 0.632. The molecule has 9 nitrogen and oxygen atoms in total. The standard InChI is InChI=1S/C19H25F2N7O2/c1-13-7-14(2)28(23-13)11-17(29)27-12-19(20,21)8-15(27)9-26-10-16(22-24-26)18(30)25-5-3-4-6-25/h7,10,15H,3-6,8-9,11-12H2,1-2H3/t15-/m0/s1. The number of carbonyl (C=O) groups is 2. The van der Waals surface area contributed by atoms with Gasteiger partial charge in [0.1, 0.15) is 6.54 Å². The van der Waals surface area contributed by atoms with Crippen LogP contribution in [0.3, 0.4) is 0 Å². The number of aryl methyl sites for hydroxylation is 2. The second kappa shape index (κ2) is 7.77. The molecule has 0 bridgehead atoms. The van der Waals surface area contributed by atoms with E-state index in [-0.39, 0.29) is 24.7 Å². The van der Waals surface area contributed by atoms with Crippen molar-refractivity contribution < 1.29 is 18.4 Å². The monoisotopic (exact) mass is 421 g/mol. The average Bonchev–Trinajstić information content (AvgIpc) is 3.44. The maximum absolute atomic E-state index is 14.1. The molecule has 2 aliphatic heterocycles. The van der Waals surface area contributed by atoms with Gasteiger partial charge in [0.05, 0.1) is 31.0 Å². The van der Waals surface area contributed by atoms with E-state index in [2.05, 4.69) is 15.4 Å². The minimum atomic E-state index is -2.97. The van der Waals surface area contributed by atoms with Gasteiger partial charge in [-0.25, -0.2) is 13.5 Å². The predicted octanol–water partition coefficient (Wildman–Crippen LogP) is 1.26. The summed E-state index contributed by atoms with van der Waals surface area (Å²) >= 11 is 0. The molecule has 0 spiro atoms. The van der Waals surface area contributed by atoms with Crippen molar-refractivity contribution >= 4 is 11.8 Å². The number of nitrogens with zero attached hydrogens (tertiary/aromatic N) is 7. The summed E-state index contributed by atoms with van der Waals surface area (Å²) in [5.41, 5.74) is 1.76. The van der Waals surface area contributed by atoms with Crippen molar-refractivity contribution in [2.75, 3.05) is 19.6 Å². The minimum absolute atomic E-state index is 0.0543. The maximum Gasteiger partial charge on any atom is 0.276 e. The van der Waals surface area contributed by atoms with Gasteiger partial charge in [-0.3, -0.25) is 14.3 Å². The molecule has 2 aromatic heterocycles. The van der Waals surface area contributed by atoms with Gasteiger partial charge in [-0.15, -0.1) is 5.10 Å². The first-order chi connectivity index (χ1) is 14.2. The molecule has 0 N–H and O–H groups in total. The van der Waals surface area contributed by atoms with Crippen molar-refractivity contribution in [2.24, 2.45) is 0 Å². The summed E-state index contributed by atoms with van der Waals surface area (Å²) in [7, 11) is 0. The van der Waals surface area contributed by atoms with Crippen LogP contribution >= 0.6 is 0 Å². The van der Waals surface area contributed by atoms with Crippen LogP contribution in [0.1, 0.15) is 41.1 Å². The van der Waals surface area contributed by atoms with Gasteiger partial charge >= 0.3 is 0 Å². The van der Waals surface area contributed by atoms with Crippen LogP contribution < -0.4 is 0 Å². The van der Waals surface area contributed by atoms with Gasteiger partial charge in [0.25, 0.3) is 11.8 Å². The maximum atomic E-state index is 14.1. The zero-order valence-corrected chi connectivity index (χ0v) is 17.1. The second-order valence-electron chi connectivity index (χ2n) is 8.15. The summed E-state index contributed by atoms with van der Waals surface area (Å²) in [6.45, 7) is 4.33. The quantitative estimate of drug-likeness (QED) is 0.725. The van der Waals surface area contributed by atoms with Crippen LogP contribution in [0.25, 0.3) is 0 Å². The van der Waals surface area contributed by atoms with Crippen LogP contribution in [0.5, 0.6) is 0 Å². The highest BCUT2D eigenvalue weighted by Gasteiger charge is 2.47. The van der Waals surface area contributed by atoms with E-state index in [1.54, 1.807) is 4.90 Å². The lowest BCUT2D eigenvalue weighted by Crippen LogP contribution is -2.41. The Labute approximate surface area is 172 Å². The summed E-state index contributed by atoms with van der Waals surface area (Å²) in [6, 6.07) is 1.10. The highest BCUT2D eigenvalue weighted by Crippen LogP contribution is 2.33. The molecule has 2 aromatic rings. The molecule has 4 rings (SSSR count). The SMILES string of the molecule is Cc1cc(C)n(CC(=O)N2CC(F)(F)C[C@H]2Cn2cc(C(=O)N3CCCC3)nn2)n1. The predicted molar refractivity (Wildman–Crippen MR) is 102 cm³/mol. The molecule has 0 radical (unpaired) electrons. The Kier molecular flexibility index (Phi) is 5.29. The average molecular weight is 421 g/mol. The van der Waals surface area contributed by atoms with Crippen molar-refractivity contribution in [3.05, 3.63) is 29.3 Å². The zero-order chi connectivity index (χ0) is 21.5. The Balaban J connectivity index is 1.46. The number of amides is 2. The minimum Gasteiger partial charge on any atom is -0.337 e. The molecule has 1 atom stereocenters. The van der Waals surface area contributed by atoms with Crippen molar-refractivity contribution in [1.82, 2.24) is 34.6 Å². The third-order valence-corrected chi connectivity index (χ3v) is 5.63. The fourth-order valence-electron chi connectivity index (χ4n) is 4.19. The van der Waals surface area contributed by atoms with Gasteiger partial charge in [-0.1, -0.05) is 5.21 Å². The van der Waals surface area contributed by atoms with Crippen molar-refractivity contribution in [3.63, 3.8) is 0 Å². The summed E-state index contributed by atoms with van der Waals surface area (Å²) in [5, 5.41) is 12.1. The van der Waals surface area contributed by atoms with Crippen LogP contribution in [0.2, 0.25) is 0 Å². The Bertz CT molecular complexity index is 949. The van der Waals surface area contributed by atoms with E-state index in [1.807, 2.05) is 19.9 Å². The van der Waals surface area contributed by atoms with E-state index in [9.17, 15) is 18.4 Å². The molecule has 162 valence electrons. The third kappa shape index (κ3) is 4.19. The number of rotatable bonds is 5. The summed E-state index contributed by atoms with van der Waals surface area (Å²) in [5.74, 6) is -3.59. The molecule has 2 amide bonds. The smallest absolute Gasteiger partial charge is 0.276 e. The number of halogens is 2. The summed E-state index contributed by atoms with van der Waals surface area (Å²) < 4.78 is 31.2. The zero-order valence-electron chi connectivity index (χ0n) is 17.1. The van der Waals surface area contributed by atoms with E-state index in [0.29, 0.717) is 13.1 Å². The lowest BCUT2D eigenvalue weighted by molar-refractivity contribution is -0.134. The molecule has 2 saturated heterocycles. The van der Waals surface area contributed by atoms with Crippen molar-refractivity contribution in [1.29, 1.82) is 0 Å². The number of aromatic nitrogens is 5. The van der Waals surface area contributed by atoms with E-state index in [0.717, 1.165) is 24.2 Å². The Morgan fingerprint density at radius 3 is 2.63 bits per heavy atom. The second-order valence-corrected chi connectivity index (χ2v) is 8.15. The van der Waals surface area contributed by atoms with Crippen LogP contribution in [0.15, 0.2) is 12.3 Å². The Morgan fingerprint density at radius 1 is 1.23 bits per heavy atom. The fourth-order valence-corrected chi connectivity index (χ4v) is 4.19. The third-order valence-electron chi connectivity index (χ3n) is 5.63. The first-order valence-corrected chi connectivity index (χ1v) is 10.1. The highest BCUT2D eigenvalue weighted by atomic mass is 19.3. The number of alkyl halides is 2. The van der Waals surface area contributed by atoms with Gasteiger partial charge < -0.3 is 9.80 Å². The Hall–Kier alpha value is -2.85. The van der Waals surface area contributed by atoms with E-state index in [4.69, 9.17) is 0 Å². The molecule has 2 fully saturated rings. The summed E-state index contributed by atoms with van der Waals surface area (Å²) in [4.78, 5) is 28.1. The van der Waals surface area contributed by atoms with Crippen molar-refractivity contribution in [3.8, 4) is 0 Å². The molecule has 30 heavy (non-hydrogen) atoms. The van der Waals surface area contributed by atoms with Crippen LogP contribution in [0.4, 0.5) is 8.78 Å². The van der Waals surface area contributed by atoms with E-state index < -0.39 is 30.8 Å².